The van der Waals surface area contributed by atoms with Crippen molar-refractivity contribution in [2.75, 3.05) is 33.0 Å². The number of aliphatic hydroxyl groups is 17. The second-order valence-corrected chi connectivity index (χ2v) is 20.4. The molecule has 0 unspecified atom stereocenters. The van der Waals surface area contributed by atoms with Crippen molar-refractivity contribution in [2.45, 2.75) is 210 Å². The minimum Gasteiger partial charge on any atom is -0.477 e. The van der Waals surface area contributed by atoms with Crippen LogP contribution in [0.25, 0.3) is 0 Å². The molecule has 5 aliphatic rings. The molecule has 23 N–H and O–H groups in total. The maximum atomic E-state index is 13.5. The summed E-state index contributed by atoms with van der Waals surface area (Å²) in [4.78, 5) is 77.0. The zero-order chi connectivity index (χ0) is 62.5. The van der Waals surface area contributed by atoms with Crippen LogP contribution in [0, 0.1) is 0 Å². The van der Waals surface area contributed by atoms with Crippen LogP contribution in [0.3, 0.4) is 0 Å². The van der Waals surface area contributed by atoms with Crippen LogP contribution < -0.4 is 16.0 Å². The summed E-state index contributed by atoms with van der Waals surface area (Å²) in [5.41, 5.74) is 0. The fourth-order valence-corrected chi connectivity index (χ4v) is 10.3. The van der Waals surface area contributed by atoms with Crippen LogP contribution in [0.1, 0.15) is 40.0 Å². The first-order valence-corrected chi connectivity index (χ1v) is 25.5. The maximum absolute atomic E-state index is 13.5. The van der Waals surface area contributed by atoms with Gasteiger partial charge in [0.25, 0.3) is 17.4 Å². The van der Waals surface area contributed by atoms with Crippen molar-refractivity contribution in [3.63, 3.8) is 0 Å². The Morgan fingerprint density at radius 2 is 0.880 bits per heavy atom. The molecule has 0 aromatic heterocycles. The van der Waals surface area contributed by atoms with Crippen LogP contribution in [0.15, 0.2) is 0 Å². The van der Waals surface area contributed by atoms with E-state index in [-0.39, 0.29) is 0 Å². The third kappa shape index (κ3) is 15.0. The zero-order valence-corrected chi connectivity index (χ0v) is 44.2. The maximum Gasteiger partial charge on any atom is 0.364 e. The highest BCUT2D eigenvalue weighted by atomic mass is 16.8. The Labute approximate surface area is 467 Å². The first-order valence-electron chi connectivity index (χ1n) is 25.5. The lowest BCUT2D eigenvalue weighted by Crippen LogP contribution is -2.72. The molecule has 0 saturated carbocycles. The van der Waals surface area contributed by atoms with Gasteiger partial charge in [-0.25, -0.2) is 14.4 Å². The third-order valence-electron chi connectivity index (χ3n) is 14.5. The number of rotatable bonds is 25. The normalized spacial score (nSPS) is 41.7. The molecule has 28 atom stereocenters. The first-order chi connectivity index (χ1) is 38.7. The van der Waals surface area contributed by atoms with Gasteiger partial charge in [0.2, 0.25) is 17.7 Å². The quantitative estimate of drug-likeness (QED) is 0.0404. The van der Waals surface area contributed by atoms with E-state index in [1.807, 2.05) is 0 Å². The molecule has 0 aromatic rings. The molecule has 5 aliphatic heterocycles. The second-order valence-electron chi connectivity index (χ2n) is 20.4. The summed E-state index contributed by atoms with van der Waals surface area (Å²) in [5.74, 6) is -20.0. The van der Waals surface area contributed by atoms with E-state index < -0.39 is 258 Å². The van der Waals surface area contributed by atoms with E-state index in [1.54, 1.807) is 0 Å². The van der Waals surface area contributed by atoms with Crippen LogP contribution in [0.4, 0.5) is 0 Å². The largest absolute Gasteiger partial charge is 0.477 e. The smallest absolute Gasteiger partial charge is 0.364 e. The fourth-order valence-electron chi connectivity index (χ4n) is 10.3. The number of carbonyl (C=O) groups is 6. The molecule has 5 heterocycles. The molecule has 5 rings (SSSR count). The summed E-state index contributed by atoms with van der Waals surface area (Å²) in [6, 6.07) is -5.81. The van der Waals surface area contributed by atoms with Gasteiger partial charge >= 0.3 is 17.9 Å². The van der Waals surface area contributed by atoms with E-state index >= 15 is 0 Å². The number of hydrogen-bond donors (Lipinski definition) is 23. The molecule has 83 heavy (non-hydrogen) atoms. The number of amides is 3. The lowest BCUT2D eigenvalue weighted by molar-refractivity contribution is -0.387. The predicted molar refractivity (Wildman–Crippen MR) is 253 cm³/mol. The van der Waals surface area contributed by atoms with Crippen molar-refractivity contribution >= 4 is 35.6 Å². The SMILES string of the molecule is CC(=O)N[C@H]1[C@H]([C@H](O)[C@H](O)CO)O[C@@](O[C@H](CO)[C@@H](O)[C@@H]2O[C@@](O[C@H](CO)[C@@H](O)[C@@H]3O[C@@](O[C@H]4[C@@H](O)[C@@H](CO)O[C@H](O[C@H]5[C@H](O)[C@@H](O)[C@H](O)O[C@@H]5CO)[C@@H]4O)(C(=O)O)C[C@H](O)[C@H]3NC(C)=O)(C(=O)O)C[C@H](O)[C@H]2NC(C)=O)(C(=O)O)C[C@@H]1O. The standard InChI is InChI=1S/C45H73N3O35/c1-12(54)46-23-15(57)4-43(40(69)70,80-34(23)26(61)18(60)7-49)78-20(9-51)28(63)35-24(47-13(2)55)16(58)5-44(81-35,41(71)72)79-21(10-52)29(64)36-25(48-14(3)56)17(59)6-45(82-36,42(73)74)83-37-27(62)19(8-50)76-39(32(37)67)77-33-22(11-53)75-38(68)31(66)30(33)65/h15-39,49-53,57-68H,4-11H2,1-3H3,(H,46,54)(H,47,55)(H,48,56)(H,69,70)(H,71,72)(H,73,74)/t15-,16-,17-,18+,19+,20+,21+,22+,23+,24+,25+,26+,27-,28+,29+,30+,31+,32+,33+,34+,35+,36+,37-,38+,39+,43+,44+,45-/m0/s1. The summed E-state index contributed by atoms with van der Waals surface area (Å²) in [6.45, 7) is -3.87. The molecular formula is C45H73N3O35. The molecule has 0 radical (unpaired) electrons. The van der Waals surface area contributed by atoms with Crippen LogP contribution in [-0.2, 0) is 71.4 Å². The van der Waals surface area contributed by atoms with Gasteiger partial charge in [0.1, 0.15) is 104 Å². The Morgan fingerprint density at radius 3 is 1.24 bits per heavy atom. The minimum atomic E-state index is -3.54. The van der Waals surface area contributed by atoms with E-state index in [0.29, 0.717) is 0 Å². The van der Waals surface area contributed by atoms with Gasteiger partial charge in [0, 0.05) is 40.0 Å². The molecule has 38 heteroatoms. The average molecular weight is 1220 g/mol. The lowest BCUT2D eigenvalue weighted by Gasteiger charge is -2.51. The Kier molecular flexibility index (Phi) is 23.9. The average Bonchev–Trinajstić information content (AvgIpc) is 2.25. The lowest BCUT2D eigenvalue weighted by atomic mass is 9.86. The van der Waals surface area contributed by atoms with Gasteiger partial charge in [-0.15, -0.1) is 0 Å². The summed E-state index contributed by atoms with van der Waals surface area (Å²) in [5, 5.41) is 223. The van der Waals surface area contributed by atoms with E-state index in [1.165, 1.54) is 0 Å². The van der Waals surface area contributed by atoms with Crippen LogP contribution in [0.5, 0.6) is 0 Å². The van der Waals surface area contributed by atoms with Crippen LogP contribution in [-0.4, -0.2) is 341 Å². The Balaban J connectivity index is 1.51. The second kappa shape index (κ2) is 28.5. The van der Waals surface area contributed by atoms with Crippen LogP contribution in [0.2, 0.25) is 0 Å². The Bertz CT molecular complexity index is 2220. The highest BCUT2D eigenvalue weighted by Gasteiger charge is 2.64. The summed E-state index contributed by atoms with van der Waals surface area (Å²) >= 11 is 0. The van der Waals surface area contributed by atoms with E-state index in [4.69, 9.17) is 42.6 Å². The van der Waals surface area contributed by atoms with Crippen molar-refractivity contribution < 1.29 is 174 Å². The van der Waals surface area contributed by atoms with E-state index in [2.05, 4.69) is 16.0 Å². The van der Waals surface area contributed by atoms with Gasteiger partial charge in [0.05, 0.1) is 69.5 Å². The Hall–Kier alpha value is -4.22. The van der Waals surface area contributed by atoms with Crippen molar-refractivity contribution in [2.24, 2.45) is 0 Å². The number of carbonyl (C=O) groups excluding carboxylic acids is 3. The molecular weight excluding hydrogens is 1140 g/mol. The summed E-state index contributed by atoms with van der Waals surface area (Å²) in [6.07, 6.45) is -54.0. The van der Waals surface area contributed by atoms with Crippen LogP contribution >= 0.6 is 0 Å². The number of ether oxygens (including phenoxy) is 9. The molecule has 0 spiro atoms. The molecule has 3 amide bonds. The van der Waals surface area contributed by atoms with Crippen molar-refractivity contribution in [3.05, 3.63) is 0 Å². The summed E-state index contributed by atoms with van der Waals surface area (Å²) in [7, 11) is 0. The van der Waals surface area contributed by atoms with Gasteiger partial charge in [-0.05, 0) is 0 Å². The van der Waals surface area contributed by atoms with Gasteiger partial charge in [-0.2, -0.15) is 0 Å². The van der Waals surface area contributed by atoms with Gasteiger partial charge in [0.15, 0.2) is 12.6 Å². The third-order valence-corrected chi connectivity index (χ3v) is 14.5. The monoisotopic (exact) mass is 1220 g/mol. The molecule has 5 saturated heterocycles. The Morgan fingerprint density at radius 1 is 0.494 bits per heavy atom. The van der Waals surface area contributed by atoms with Gasteiger partial charge in [-0.1, -0.05) is 0 Å². The number of hydrogen-bond acceptors (Lipinski definition) is 32. The van der Waals surface area contributed by atoms with E-state index in [9.17, 15) is 131 Å². The van der Waals surface area contributed by atoms with Crippen molar-refractivity contribution in [3.8, 4) is 0 Å². The fraction of sp³-hybridized carbons (Fsp3) is 0.867. The predicted octanol–water partition coefficient (Wildman–Crippen LogP) is -13.9. The molecule has 0 aliphatic carbocycles. The highest BCUT2D eigenvalue weighted by molar-refractivity contribution is 5.78. The number of aliphatic carboxylic acids is 3. The van der Waals surface area contributed by atoms with Crippen molar-refractivity contribution in [1.29, 1.82) is 0 Å². The summed E-state index contributed by atoms with van der Waals surface area (Å²) < 4.78 is 50.0. The number of carboxylic acids is 3. The van der Waals surface area contributed by atoms with Gasteiger partial charge in [-0.3, -0.25) is 14.4 Å². The number of carboxylic acid groups (broad SMARTS) is 3. The zero-order valence-electron chi connectivity index (χ0n) is 44.2. The minimum absolute atomic E-state index is 0.855. The number of aliphatic hydroxyl groups excluding tert-OH is 17. The van der Waals surface area contributed by atoms with E-state index in [0.717, 1.165) is 20.8 Å². The molecule has 0 bridgehead atoms. The highest BCUT2D eigenvalue weighted by Crippen LogP contribution is 2.42. The van der Waals surface area contributed by atoms with Crippen molar-refractivity contribution in [1.82, 2.24) is 16.0 Å². The molecule has 38 nitrogen and oxygen atoms in total. The topological polar surface area (TPSA) is 626 Å². The molecule has 478 valence electrons. The first kappa shape index (κ1) is 69.6. The van der Waals surface area contributed by atoms with Gasteiger partial charge < -0.3 is 161 Å². The number of nitrogens with one attached hydrogen (secondary N) is 3. The molecule has 0 aromatic carbocycles. The molecule has 5 fully saturated rings.